The van der Waals surface area contributed by atoms with E-state index in [0.29, 0.717) is 16.9 Å². The highest BCUT2D eigenvalue weighted by molar-refractivity contribution is 6.42. The molecule has 0 saturated heterocycles. The summed E-state index contributed by atoms with van der Waals surface area (Å²) in [5.41, 5.74) is -0.579. The number of anilines is 3. The Bertz CT molecular complexity index is 801. The molecular formula is C15H14Cl2F3N5O. The molecule has 1 aromatic heterocycles. The highest BCUT2D eigenvalue weighted by atomic mass is 35.5. The van der Waals surface area contributed by atoms with E-state index in [1.54, 1.807) is 6.07 Å². The lowest BCUT2D eigenvalue weighted by atomic mass is 10.3. The summed E-state index contributed by atoms with van der Waals surface area (Å²) in [7, 11) is 1.44. The van der Waals surface area contributed by atoms with E-state index in [1.807, 2.05) is 0 Å². The molecule has 0 atom stereocenters. The Hall–Kier alpha value is -2.26. The van der Waals surface area contributed by atoms with Gasteiger partial charge in [-0.3, -0.25) is 4.79 Å². The average Bonchev–Trinajstić information content (AvgIpc) is 2.57. The van der Waals surface area contributed by atoms with Gasteiger partial charge in [0.05, 0.1) is 10.0 Å². The molecule has 0 radical (unpaired) electrons. The second-order valence-corrected chi connectivity index (χ2v) is 5.87. The van der Waals surface area contributed by atoms with Crippen LogP contribution in [0.2, 0.25) is 10.0 Å². The van der Waals surface area contributed by atoms with Gasteiger partial charge in [0.2, 0.25) is 11.9 Å². The predicted molar refractivity (Wildman–Crippen MR) is 94.0 cm³/mol. The molecule has 0 aliphatic rings. The van der Waals surface area contributed by atoms with Crippen molar-refractivity contribution in [2.45, 2.75) is 12.6 Å². The van der Waals surface area contributed by atoms with Crippen molar-refractivity contribution in [3.8, 4) is 0 Å². The van der Waals surface area contributed by atoms with Crippen LogP contribution >= 0.6 is 23.2 Å². The topological polar surface area (TPSA) is 78.9 Å². The van der Waals surface area contributed by atoms with Gasteiger partial charge >= 0.3 is 6.18 Å². The Morgan fingerprint density at radius 3 is 2.58 bits per heavy atom. The van der Waals surface area contributed by atoms with Crippen LogP contribution in [0.3, 0.4) is 0 Å². The average molecular weight is 408 g/mol. The molecule has 1 amide bonds. The van der Waals surface area contributed by atoms with Crippen molar-refractivity contribution in [3.63, 3.8) is 0 Å². The second kappa shape index (κ2) is 8.41. The van der Waals surface area contributed by atoms with Crippen LogP contribution in [0.1, 0.15) is 12.0 Å². The number of benzene rings is 1. The van der Waals surface area contributed by atoms with Crippen LogP contribution in [0.25, 0.3) is 0 Å². The van der Waals surface area contributed by atoms with Crippen molar-refractivity contribution < 1.29 is 18.0 Å². The number of carbonyl (C=O) groups is 1. The molecule has 140 valence electrons. The molecule has 0 fully saturated rings. The van der Waals surface area contributed by atoms with Crippen LogP contribution in [0.4, 0.5) is 30.6 Å². The summed E-state index contributed by atoms with van der Waals surface area (Å²) in [5, 5.41) is 8.25. The third kappa shape index (κ3) is 5.37. The zero-order valence-electron chi connectivity index (χ0n) is 13.4. The number of nitrogens with zero attached hydrogens (tertiary/aromatic N) is 2. The largest absolute Gasteiger partial charge is 0.421 e. The van der Waals surface area contributed by atoms with Crippen LogP contribution in [0.15, 0.2) is 24.4 Å². The van der Waals surface area contributed by atoms with Crippen molar-refractivity contribution in [2.75, 3.05) is 24.2 Å². The Morgan fingerprint density at radius 1 is 1.23 bits per heavy atom. The summed E-state index contributed by atoms with van der Waals surface area (Å²) in [6.45, 7) is -0.0218. The zero-order chi connectivity index (χ0) is 19.3. The van der Waals surface area contributed by atoms with Gasteiger partial charge in [-0.05, 0) is 18.2 Å². The molecule has 0 aliphatic heterocycles. The van der Waals surface area contributed by atoms with Gasteiger partial charge in [0.1, 0.15) is 11.4 Å². The van der Waals surface area contributed by atoms with E-state index in [1.165, 1.54) is 19.2 Å². The van der Waals surface area contributed by atoms with Gasteiger partial charge in [0.25, 0.3) is 0 Å². The summed E-state index contributed by atoms with van der Waals surface area (Å²) in [6, 6.07) is 4.59. The van der Waals surface area contributed by atoms with Gasteiger partial charge in [0.15, 0.2) is 0 Å². The number of hydrogen-bond donors (Lipinski definition) is 3. The first-order valence-corrected chi connectivity index (χ1v) is 8.07. The van der Waals surface area contributed by atoms with E-state index in [9.17, 15) is 18.0 Å². The second-order valence-electron chi connectivity index (χ2n) is 5.06. The molecule has 26 heavy (non-hydrogen) atoms. The first-order valence-electron chi connectivity index (χ1n) is 7.31. The minimum Gasteiger partial charge on any atom is -0.369 e. The lowest BCUT2D eigenvalue weighted by Gasteiger charge is -2.14. The van der Waals surface area contributed by atoms with Crippen LogP contribution in [-0.4, -0.2) is 29.5 Å². The third-order valence-electron chi connectivity index (χ3n) is 3.19. The maximum absolute atomic E-state index is 13.1. The molecule has 0 bridgehead atoms. The van der Waals surface area contributed by atoms with Crippen molar-refractivity contribution in [1.82, 2.24) is 15.3 Å². The number of amides is 1. The molecule has 2 rings (SSSR count). The number of hydrogen-bond acceptors (Lipinski definition) is 5. The number of alkyl halides is 3. The molecule has 1 aromatic carbocycles. The van der Waals surface area contributed by atoms with Gasteiger partial charge in [-0.15, -0.1) is 0 Å². The van der Waals surface area contributed by atoms with E-state index < -0.39 is 17.6 Å². The zero-order valence-corrected chi connectivity index (χ0v) is 14.9. The molecule has 2 aromatic rings. The number of nitrogens with one attached hydrogen (secondary N) is 3. The molecule has 0 saturated carbocycles. The quantitative estimate of drug-likeness (QED) is 0.671. The Morgan fingerprint density at radius 2 is 1.96 bits per heavy atom. The summed E-state index contributed by atoms with van der Waals surface area (Å²) in [5.74, 6) is -0.813. The van der Waals surface area contributed by atoms with Gasteiger partial charge in [-0.25, -0.2) is 4.98 Å². The fourth-order valence-corrected chi connectivity index (χ4v) is 2.20. The first-order chi connectivity index (χ1) is 12.2. The number of aromatic nitrogens is 2. The standard InChI is InChI=1S/C15H14Cl2F3N5O/c1-21-12(26)4-5-22-13-9(15(18,19)20)7-23-14(25-13)24-8-2-3-10(16)11(17)6-8/h2-3,6-7H,4-5H2,1H3,(H,21,26)(H2,22,23,24,25). The Labute approximate surface area is 157 Å². The third-order valence-corrected chi connectivity index (χ3v) is 3.93. The van der Waals surface area contributed by atoms with Crippen LogP contribution in [0.5, 0.6) is 0 Å². The lowest BCUT2D eigenvalue weighted by Crippen LogP contribution is -2.22. The minimum atomic E-state index is -4.64. The fraction of sp³-hybridized carbons (Fsp3) is 0.267. The fourth-order valence-electron chi connectivity index (χ4n) is 1.91. The van der Waals surface area contributed by atoms with E-state index >= 15 is 0 Å². The molecule has 0 aliphatic carbocycles. The Balaban J connectivity index is 2.23. The summed E-state index contributed by atoms with van der Waals surface area (Å²) < 4.78 is 39.3. The van der Waals surface area contributed by atoms with Crippen molar-refractivity contribution in [3.05, 3.63) is 40.0 Å². The predicted octanol–water partition coefficient (Wildman–Crippen LogP) is 4.09. The maximum atomic E-state index is 13.1. The lowest BCUT2D eigenvalue weighted by molar-refractivity contribution is -0.137. The van der Waals surface area contributed by atoms with Gasteiger partial charge in [0, 0.05) is 31.9 Å². The SMILES string of the molecule is CNC(=O)CCNc1nc(Nc2ccc(Cl)c(Cl)c2)ncc1C(F)(F)F. The number of carbonyl (C=O) groups excluding carboxylic acids is 1. The van der Waals surface area contributed by atoms with Crippen molar-refractivity contribution >= 4 is 46.6 Å². The summed E-state index contributed by atoms with van der Waals surface area (Å²) in [4.78, 5) is 18.7. The first kappa shape index (κ1) is 20.1. The van der Waals surface area contributed by atoms with E-state index in [2.05, 4.69) is 25.9 Å². The van der Waals surface area contributed by atoms with E-state index in [-0.39, 0.29) is 29.8 Å². The highest BCUT2D eigenvalue weighted by Gasteiger charge is 2.35. The number of rotatable bonds is 6. The van der Waals surface area contributed by atoms with E-state index in [0.717, 1.165) is 0 Å². The summed E-state index contributed by atoms with van der Waals surface area (Å²) >= 11 is 11.7. The van der Waals surface area contributed by atoms with Crippen LogP contribution in [0, 0.1) is 0 Å². The smallest absolute Gasteiger partial charge is 0.369 e. The van der Waals surface area contributed by atoms with E-state index in [4.69, 9.17) is 23.2 Å². The van der Waals surface area contributed by atoms with Gasteiger partial charge < -0.3 is 16.0 Å². The van der Waals surface area contributed by atoms with Crippen LogP contribution < -0.4 is 16.0 Å². The Kier molecular flexibility index (Phi) is 6.49. The van der Waals surface area contributed by atoms with Crippen molar-refractivity contribution in [1.29, 1.82) is 0 Å². The molecule has 0 spiro atoms. The van der Waals surface area contributed by atoms with Gasteiger partial charge in [-0.2, -0.15) is 18.2 Å². The monoisotopic (exact) mass is 407 g/mol. The molecule has 11 heteroatoms. The molecular weight excluding hydrogens is 394 g/mol. The normalized spacial score (nSPS) is 11.2. The van der Waals surface area contributed by atoms with Gasteiger partial charge in [-0.1, -0.05) is 23.2 Å². The highest BCUT2D eigenvalue weighted by Crippen LogP contribution is 2.34. The molecule has 0 unspecified atom stereocenters. The van der Waals surface area contributed by atoms with Crippen LogP contribution in [-0.2, 0) is 11.0 Å². The minimum absolute atomic E-state index is 0.00659. The molecule has 6 nitrogen and oxygen atoms in total. The maximum Gasteiger partial charge on any atom is 0.421 e. The molecule has 3 N–H and O–H groups in total. The number of halogens is 5. The summed E-state index contributed by atoms with van der Waals surface area (Å²) in [6.07, 6.45) is -3.99. The van der Waals surface area contributed by atoms with Crippen molar-refractivity contribution in [2.24, 2.45) is 0 Å². The molecule has 1 heterocycles.